The molecule has 0 aliphatic carbocycles. The van der Waals surface area contributed by atoms with Gasteiger partial charge in [-0.3, -0.25) is 24.3 Å². The average Bonchev–Trinajstić information content (AvgIpc) is 3.37. The molecule has 1 aromatic heterocycles. The lowest BCUT2D eigenvalue weighted by Gasteiger charge is -2.10. The number of allylic oxidation sites excluding steroid dienone is 1. The molecule has 0 fully saturated rings. The summed E-state index contributed by atoms with van der Waals surface area (Å²) in [6.45, 7) is 3.45. The number of benzene rings is 3. The minimum absolute atomic E-state index is 0.0664. The Morgan fingerprint density at radius 2 is 1.44 bits per heavy atom. The summed E-state index contributed by atoms with van der Waals surface area (Å²) in [5.41, 5.74) is 2.10. The van der Waals surface area contributed by atoms with Gasteiger partial charge in [-0.1, -0.05) is 54.0 Å². The number of rotatable bonds is 9. The van der Waals surface area contributed by atoms with Gasteiger partial charge >= 0.3 is 0 Å². The van der Waals surface area contributed by atoms with Crippen molar-refractivity contribution in [3.05, 3.63) is 118 Å². The normalized spacial score (nSPS) is 10.4. The summed E-state index contributed by atoms with van der Waals surface area (Å²) in [5.74, 6) is -1.69. The van der Waals surface area contributed by atoms with Crippen LogP contribution >= 0.6 is 23.2 Å². The molecule has 0 saturated carbocycles. The molecule has 0 bridgehead atoms. The third-order valence-corrected chi connectivity index (χ3v) is 6.12. The monoisotopic (exact) mass is 561 g/mol. The average molecular weight is 562 g/mol. The number of H-pyrrole nitrogens is 1. The third kappa shape index (κ3) is 6.78. The van der Waals surface area contributed by atoms with Crippen LogP contribution in [0.4, 0.5) is 17.1 Å². The molecule has 0 aliphatic rings. The maximum Gasteiger partial charge on any atom is 0.278 e. The topological polar surface area (TPSA) is 133 Å². The van der Waals surface area contributed by atoms with E-state index in [2.05, 4.69) is 32.7 Å². The smallest absolute Gasteiger partial charge is 0.278 e. The van der Waals surface area contributed by atoms with E-state index in [1.54, 1.807) is 54.6 Å². The van der Waals surface area contributed by atoms with E-state index in [4.69, 9.17) is 23.2 Å². The van der Waals surface area contributed by atoms with Gasteiger partial charge in [0.15, 0.2) is 11.5 Å². The Labute approximate surface area is 233 Å². The van der Waals surface area contributed by atoms with Crippen molar-refractivity contribution in [2.45, 2.75) is 6.42 Å². The number of nitrogens with zero attached hydrogens (tertiary/aromatic N) is 1. The van der Waals surface area contributed by atoms with E-state index in [9.17, 15) is 19.2 Å². The molecule has 0 spiro atoms. The summed E-state index contributed by atoms with van der Waals surface area (Å²) < 4.78 is 0. The molecular weight excluding hydrogens is 541 g/mol. The first-order chi connectivity index (χ1) is 18.7. The van der Waals surface area contributed by atoms with E-state index in [-0.39, 0.29) is 45.1 Å². The number of aromatic amines is 1. The number of carbonyl (C=O) groups is 4. The third-order valence-electron chi connectivity index (χ3n) is 5.49. The summed E-state index contributed by atoms with van der Waals surface area (Å²) in [6.07, 6.45) is 2.82. The van der Waals surface area contributed by atoms with Gasteiger partial charge in [0.25, 0.3) is 17.7 Å². The van der Waals surface area contributed by atoms with Crippen LogP contribution in [0.3, 0.4) is 0 Å². The second kappa shape index (κ2) is 12.2. The molecular formula is C28H21Cl2N5O4. The van der Waals surface area contributed by atoms with Crippen molar-refractivity contribution >= 4 is 63.8 Å². The number of hydrogen-bond donors (Lipinski definition) is 4. The Morgan fingerprint density at radius 3 is 2.08 bits per heavy atom. The van der Waals surface area contributed by atoms with E-state index in [0.29, 0.717) is 16.9 Å². The molecule has 0 unspecified atom stereocenters. The molecule has 0 radical (unpaired) electrons. The van der Waals surface area contributed by atoms with Crippen LogP contribution < -0.4 is 16.0 Å². The van der Waals surface area contributed by atoms with Crippen LogP contribution in [-0.2, 0) is 11.2 Å². The number of ketones is 1. The lowest BCUT2D eigenvalue weighted by molar-refractivity contribution is -0.114. The first kappa shape index (κ1) is 27.3. The Kier molecular flexibility index (Phi) is 8.55. The van der Waals surface area contributed by atoms with Crippen molar-refractivity contribution in [3.8, 4) is 0 Å². The second-order valence-corrected chi connectivity index (χ2v) is 9.05. The molecule has 0 saturated heterocycles. The lowest BCUT2D eigenvalue weighted by Crippen LogP contribution is -2.18. The highest BCUT2D eigenvalue weighted by Gasteiger charge is 2.20. The van der Waals surface area contributed by atoms with Gasteiger partial charge in [0.2, 0.25) is 0 Å². The molecule has 1 heterocycles. The Morgan fingerprint density at radius 1 is 0.821 bits per heavy atom. The van der Waals surface area contributed by atoms with E-state index in [0.717, 1.165) is 5.56 Å². The molecule has 0 atom stereocenters. The van der Waals surface area contributed by atoms with Crippen LogP contribution in [0.5, 0.6) is 0 Å². The molecule has 3 amide bonds. The Bertz CT molecular complexity index is 1560. The fourth-order valence-electron chi connectivity index (χ4n) is 3.57. The van der Waals surface area contributed by atoms with Crippen LogP contribution in [-0.4, -0.2) is 33.7 Å². The van der Waals surface area contributed by atoms with Crippen molar-refractivity contribution in [3.63, 3.8) is 0 Å². The number of nitrogens with one attached hydrogen (secondary N) is 4. The van der Waals surface area contributed by atoms with Gasteiger partial charge in [-0.15, -0.1) is 0 Å². The van der Waals surface area contributed by atoms with Crippen molar-refractivity contribution in [1.82, 2.24) is 10.2 Å². The summed E-state index contributed by atoms with van der Waals surface area (Å²) in [5, 5.41) is 14.8. The van der Waals surface area contributed by atoms with Gasteiger partial charge in [0.05, 0.1) is 21.3 Å². The molecule has 4 aromatic rings. The van der Waals surface area contributed by atoms with Crippen LogP contribution in [0.1, 0.15) is 36.8 Å². The van der Waals surface area contributed by atoms with Crippen molar-refractivity contribution < 1.29 is 19.2 Å². The molecule has 4 N–H and O–H groups in total. The predicted octanol–water partition coefficient (Wildman–Crippen LogP) is 5.77. The number of hydrogen-bond acceptors (Lipinski definition) is 5. The molecule has 4 rings (SSSR count). The van der Waals surface area contributed by atoms with Crippen LogP contribution in [0.2, 0.25) is 10.0 Å². The largest absolute Gasteiger partial charge is 0.322 e. The zero-order chi connectivity index (χ0) is 27.9. The van der Waals surface area contributed by atoms with Crippen LogP contribution in [0, 0.1) is 0 Å². The summed E-state index contributed by atoms with van der Waals surface area (Å²) in [7, 11) is 0. The molecule has 11 heteroatoms. The van der Waals surface area contributed by atoms with E-state index in [1.165, 1.54) is 24.4 Å². The summed E-state index contributed by atoms with van der Waals surface area (Å²) in [6, 6.07) is 17.8. The highest BCUT2D eigenvalue weighted by atomic mass is 35.5. The quantitative estimate of drug-likeness (QED) is 0.192. The maximum atomic E-state index is 12.9. The zero-order valence-corrected chi connectivity index (χ0v) is 21.8. The van der Waals surface area contributed by atoms with E-state index in [1.807, 2.05) is 0 Å². The van der Waals surface area contributed by atoms with Gasteiger partial charge in [0, 0.05) is 29.6 Å². The highest BCUT2D eigenvalue weighted by Crippen LogP contribution is 2.26. The van der Waals surface area contributed by atoms with E-state index < -0.39 is 11.8 Å². The second-order valence-electron chi connectivity index (χ2n) is 8.23. The fourth-order valence-corrected chi connectivity index (χ4v) is 4.14. The number of amides is 3. The zero-order valence-electron chi connectivity index (χ0n) is 20.3. The maximum absolute atomic E-state index is 12.9. The minimum Gasteiger partial charge on any atom is -0.322 e. The fraction of sp³-hybridized carbons (Fsp3) is 0.0357. The Balaban J connectivity index is 1.42. The molecule has 0 aliphatic heterocycles. The van der Waals surface area contributed by atoms with Crippen molar-refractivity contribution in [2.24, 2.45) is 0 Å². The Hall–Kier alpha value is -4.73. The molecule has 9 nitrogen and oxygen atoms in total. The van der Waals surface area contributed by atoms with Gasteiger partial charge < -0.3 is 16.0 Å². The van der Waals surface area contributed by atoms with Gasteiger partial charge in [-0.2, -0.15) is 5.10 Å². The van der Waals surface area contributed by atoms with Crippen LogP contribution in [0.25, 0.3) is 0 Å². The van der Waals surface area contributed by atoms with Crippen molar-refractivity contribution in [1.29, 1.82) is 0 Å². The minimum atomic E-state index is -0.607. The summed E-state index contributed by atoms with van der Waals surface area (Å²) in [4.78, 5) is 49.8. The first-order valence-corrected chi connectivity index (χ1v) is 12.3. The highest BCUT2D eigenvalue weighted by molar-refractivity contribution is 6.40. The predicted molar refractivity (Wildman–Crippen MR) is 151 cm³/mol. The van der Waals surface area contributed by atoms with E-state index >= 15 is 0 Å². The molecule has 39 heavy (non-hydrogen) atoms. The number of carbonyl (C=O) groups excluding carboxylic acids is 4. The summed E-state index contributed by atoms with van der Waals surface area (Å²) >= 11 is 12.2. The van der Waals surface area contributed by atoms with Gasteiger partial charge in [-0.05, 0) is 54.1 Å². The van der Waals surface area contributed by atoms with Gasteiger partial charge in [0.1, 0.15) is 0 Å². The standard InChI is InChI=1S/C28H21Cl2N5O4/c1-2-20(36)13-16-9-11-17(12-10-16)26(37)32-18-5-3-6-19(14-18)33-28(39)25-23(15-31-35-25)34-27(38)24-21(29)7-4-8-22(24)30/h2-12,14-15H,1,13H2,(H,31,35)(H,32,37)(H,33,39)(H,34,38). The van der Waals surface area contributed by atoms with Gasteiger partial charge in [-0.25, -0.2) is 0 Å². The number of aromatic nitrogens is 2. The number of halogens is 2. The lowest BCUT2D eigenvalue weighted by atomic mass is 10.1. The molecule has 196 valence electrons. The van der Waals surface area contributed by atoms with Crippen molar-refractivity contribution in [2.75, 3.05) is 16.0 Å². The molecule has 3 aromatic carbocycles. The van der Waals surface area contributed by atoms with Crippen LogP contribution in [0.15, 0.2) is 85.6 Å². The first-order valence-electron chi connectivity index (χ1n) is 11.5. The SMILES string of the molecule is C=CC(=O)Cc1ccc(C(=O)Nc2cccc(NC(=O)c3n[nH]cc3NC(=O)c3c(Cl)cccc3Cl)c2)cc1. The number of anilines is 3.